The van der Waals surface area contributed by atoms with Gasteiger partial charge < -0.3 is 5.32 Å². The number of halogens is 2. The Morgan fingerprint density at radius 1 is 1.40 bits per heavy atom. The van der Waals surface area contributed by atoms with Crippen LogP contribution in [0.3, 0.4) is 0 Å². The van der Waals surface area contributed by atoms with Gasteiger partial charge in [0.2, 0.25) is 0 Å². The molecular weight excluding hydrogens is 200 g/mol. The number of anilines is 1. The Bertz CT molecular complexity index is 297. The normalized spacial score (nSPS) is 13.5. The minimum Gasteiger partial charge on any atom is -0.366 e. The van der Waals surface area contributed by atoms with Crippen LogP contribution in [0.1, 0.15) is 20.8 Å². The minimum absolute atomic E-state index is 0.278. The van der Waals surface area contributed by atoms with E-state index in [-0.39, 0.29) is 12.6 Å². The highest BCUT2D eigenvalue weighted by Gasteiger charge is 2.09. The van der Waals surface area contributed by atoms with Crippen LogP contribution in [0.2, 0.25) is 0 Å². The lowest BCUT2D eigenvalue weighted by Crippen LogP contribution is -2.21. The van der Waals surface area contributed by atoms with Crippen molar-refractivity contribution >= 4 is 5.82 Å². The van der Waals surface area contributed by atoms with Gasteiger partial charge in [0, 0.05) is 18.3 Å². The Balaban J connectivity index is 2.53. The third-order valence-electron chi connectivity index (χ3n) is 2.34. The predicted molar refractivity (Wildman–Crippen MR) is 56.2 cm³/mol. The van der Waals surface area contributed by atoms with Crippen molar-refractivity contribution in [2.75, 3.05) is 5.32 Å². The number of nitrogens with one attached hydrogen (secondary N) is 1. The first-order valence-electron chi connectivity index (χ1n) is 5.07. The second kappa shape index (κ2) is 5.09. The first kappa shape index (κ1) is 11.9. The zero-order valence-electron chi connectivity index (χ0n) is 9.24. The number of aromatic nitrogens is 2. The van der Waals surface area contributed by atoms with Crippen LogP contribution in [-0.2, 0) is 6.54 Å². The van der Waals surface area contributed by atoms with Crippen molar-refractivity contribution < 1.29 is 8.78 Å². The molecule has 3 nitrogen and oxygen atoms in total. The van der Waals surface area contributed by atoms with Crippen LogP contribution in [0.25, 0.3) is 0 Å². The maximum atomic E-state index is 12.0. The Morgan fingerprint density at radius 3 is 2.60 bits per heavy atom. The summed E-state index contributed by atoms with van der Waals surface area (Å²) in [5, 5.41) is 7.16. The summed E-state index contributed by atoms with van der Waals surface area (Å²) >= 11 is 0. The molecule has 0 aliphatic heterocycles. The van der Waals surface area contributed by atoms with E-state index < -0.39 is 6.43 Å². The quantitative estimate of drug-likeness (QED) is 0.821. The monoisotopic (exact) mass is 217 g/mol. The summed E-state index contributed by atoms with van der Waals surface area (Å²) in [6, 6.07) is 1.99. The molecule has 0 spiro atoms. The van der Waals surface area contributed by atoms with Crippen molar-refractivity contribution in [1.82, 2.24) is 9.78 Å². The highest BCUT2D eigenvalue weighted by molar-refractivity contribution is 5.33. The third-order valence-corrected chi connectivity index (χ3v) is 2.34. The highest BCUT2D eigenvalue weighted by Crippen LogP contribution is 2.10. The maximum absolute atomic E-state index is 12.0. The molecule has 1 rings (SSSR count). The Morgan fingerprint density at radius 2 is 2.07 bits per heavy atom. The largest absolute Gasteiger partial charge is 0.366 e. The van der Waals surface area contributed by atoms with Gasteiger partial charge in [0.25, 0.3) is 6.43 Å². The lowest BCUT2D eigenvalue weighted by molar-refractivity contribution is 0.122. The smallest absolute Gasteiger partial charge is 0.257 e. The van der Waals surface area contributed by atoms with Crippen molar-refractivity contribution in [1.29, 1.82) is 0 Å². The van der Waals surface area contributed by atoms with E-state index in [0.717, 1.165) is 0 Å². The standard InChI is InChI=1S/C10H17F2N3/c1-7(2)8(3)13-10-4-5-15(14-10)6-9(11)12/h4-5,7-9H,6H2,1-3H3,(H,13,14)/t8-/m1/s1. The molecule has 1 heterocycles. The van der Waals surface area contributed by atoms with Crippen molar-refractivity contribution in [2.45, 2.75) is 39.8 Å². The zero-order valence-corrected chi connectivity index (χ0v) is 9.24. The molecule has 0 aromatic carbocycles. The molecule has 15 heavy (non-hydrogen) atoms. The molecule has 0 bridgehead atoms. The summed E-state index contributed by atoms with van der Waals surface area (Å²) in [7, 11) is 0. The fourth-order valence-electron chi connectivity index (χ4n) is 1.08. The summed E-state index contributed by atoms with van der Waals surface area (Å²) in [4.78, 5) is 0. The summed E-state index contributed by atoms with van der Waals surface area (Å²) in [5.74, 6) is 1.13. The van der Waals surface area contributed by atoms with Crippen molar-refractivity contribution in [3.63, 3.8) is 0 Å². The molecule has 86 valence electrons. The van der Waals surface area contributed by atoms with Gasteiger partial charge in [-0.3, -0.25) is 4.68 Å². The Hall–Kier alpha value is -1.13. The predicted octanol–water partition coefficient (Wildman–Crippen LogP) is 2.60. The molecule has 0 saturated heterocycles. The summed E-state index contributed by atoms with van der Waals surface area (Å²) in [6.07, 6.45) is -0.804. The molecule has 1 atom stereocenters. The second-order valence-corrected chi connectivity index (χ2v) is 3.99. The lowest BCUT2D eigenvalue weighted by Gasteiger charge is -2.16. The second-order valence-electron chi connectivity index (χ2n) is 3.99. The summed E-state index contributed by atoms with van der Waals surface area (Å²) in [5.41, 5.74) is 0. The van der Waals surface area contributed by atoms with E-state index in [1.165, 1.54) is 4.68 Å². The van der Waals surface area contributed by atoms with E-state index in [9.17, 15) is 8.78 Å². The summed E-state index contributed by atoms with van der Waals surface area (Å²) in [6.45, 7) is 5.87. The first-order valence-corrected chi connectivity index (χ1v) is 5.07. The van der Waals surface area contributed by atoms with Gasteiger partial charge >= 0.3 is 0 Å². The SMILES string of the molecule is CC(C)[C@@H](C)Nc1ccn(CC(F)F)n1. The van der Waals surface area contributed by atoms with Crippen molar-refractivity contribution in [3.8, 4) is 0 Å². The van der Waals surface area contributed by atoms with E-state index in [0.29, 0.717) is 11.7 Å². The van der Waals surface area contributed by atoms with Gasteiger partial charge in [0.1, 0.15) is 12.4 Å². The topological polar surface area (TPSA) is 29.9 Å². The van der Waals surface area contributed by atoms with Crippen LogP contribution in [0.5, 0.6) is 0 Å². The molecule has 0 saturated carbocycles. The van der Waals surface area contributed by atoms with E-state index in [1.807, 2.05) is 6.92 Å². The average Bonchev–Trinajstić information content (AvgIpc) is 2.51. The summed E-state index contributed by atoms with van der Waals surface area (Å²) < 4.78 is 25.3. The molecule has 1 aromatic heterocycles. The fourth-order valence-corrected chi connectivity index (χ4v) is 1.08. The van der Waals surface area contributed by atoms with E-state index >= 15 is 0 Å². The van der Waals surface area contributed by atoms with Gasteiger partial charge in [-0.2, -0.15) is 5.10 Å². The van der Waals surface area contributed by atoms with Crippen LogP contribution >= 0.6 is 0 Å². The van der Waals surface area contributed by atoms with Crippen molar-refractivity contribution in [2.24, 2.45) is 5.92 Å². The van der Waals surface area contributed by atoms with Gasteiger partial charge in [-0.25, -0.2) is 8.78 Å². The fraction of sp³-hybridized carbons (Fsp3) is 0.700. The number of alkyl halides is 2. The molecule has 1 N–H and O–H groups in total. The third kappa shape index (κ3) is 3.85. The zero-order chi connectivity index (χ0) is 11.4. The highest BCUT2D eigenvalue weighted by atomic mass is 19.3. The van der Waals surface area contributed by atoms with Crippen molar-refractivity contribution in [3.05, 3.63) is 12.3 Å². The minimum atomic E-state index is -2.36. The van der Waals surface area contributed by atoms with Crippen LogP contribution in [0, 0.1) is 5.92 Å². The van der Waals surface area contributed by atoms with Crippen LogP contribution in [-0.4, -0.2) is 22.2 Å². The molecule has 0 fully saturated rings. The van der Waals surface area contributed by atoms with E-state index in [4.69, 9.17) is 0 Å². The molecule has 0 radical (unpaired) electrons. The molecule has 0 aliphatic rings. The average molecular weight is 217 g/mol. The molecule has 0 aliphatic carbocycles. The van der Waals surface area contributed by atoms with Crippen LogP contribution < -0.4 is 5.32 Å². The number of hydrogen-bond acceptors (Lipinski definition) is 2. The molecule has 0 amide bonds. The number of nitrogens with zero attached hydrogens (tertiary/aromatic N) is 2. The number of hydrogen-bond donors (Lipinski definition) is 1. The van der Waals surface area contributed by atoms with Gasteiger partial charge in [-0.15, -0.1) is 0 Å². The Kier molecular flexibility index (Phi) is 4.05. The van der Waals surface area contributed by atoms with Gasteiger partial charge in [-0.1, -0.05) is 13.8 Å². The van der Waals surface area contributed by atoms with Gasteiger partial charge in [0.05, 0.1) is 0 Å². The first-order chi connectivity index (χ1) is 6.99. The van der Waals surface area contributed by atoms with Crippen LogP contribution in [0.15, 0.2) is 12.3 Å². The molecular formula is C10H17F2N3. The van der Waals surface area contributed by atoms with Crippen LogP contribution in [0.4, 0.5) is 14.6 Å². The lowest BCUT2D eigenvalue weighted by atomic mass is 10.1. The van der Waals surface area contributed by atoms with Gasteiger partial charge in [0.15, 0.2) is 0 Å². The maximum Gasteiger partial charge on any atom is 0.257 e. The van der Waals surface area contributed by atoms with E-state index in [1.54, 1.807) is 12.3 Å². The molecule has 1 aromatic rings. The van der Waals surface area contributed by atoms with Gasteiger partial charge in [-0.05, 0) is 12.8 Å². The number of rotatable bonds is 5. The van der Waals surface area contributed by atoms with E-state index in [2.05, 4.69) is 24.3 Å². The molecule has 0 unspecified atom stereocenters. The molecule has 5 heteroatoms. The Labute approximate surface area is 88.5 Å².